The van der Waals surface area contributed by atoms with Crippen LogP contribution in [-0.2, 0) is 9.59 Å². The zero-order valence-corrected chi connectivity index (χ0v) is 17.4. The lowest BCUT2D eigenvalue weighted by Gasteiger charge is -2.18. The zero-order chi connectivity index (χ0) is 19.9. The third kappa shape index (κ3) is 5.71. The van der Waals surface area contributed by atoms with E-state index in [-0.39, 0.29) is 17.9 Å². The molecule has 0 spiro atoms. The molecule has 1 aromatic heterocycles. The number of thiophene rings is 1. The second-order valence-electron chi connectivity index (χ2n) is 6.42. The number of carbonyl (C=O) groups excluding carboxylic acids is 2. The number of aryl methyl sites for hydroxylation is 1. The molecule has 3 aromatic rings. The predicted molar refractivity (Wildman–Crippen MR) is 117 cm³/mol. The van der Waals surface area contributed by atoms with Crippen LogP contribution < -0.4 is 10.6 Å². The number of nitrogens with one attached hydrogen (secondary N) is 2. The molecule has 2 N–H and O–H groups in total. The van der Waals surface area contributed by atoms with Crippen molar-refractivity contribution in [2.75, 3.05) is 11.1 Å². The van der Waals surface area contributed by atoms with E-state index in [0.717, 1.165) is 21.0 Å². The van der Waals surface area contributed by atoms with Crippen LogP contribution in [0.25, 0.3) is 0 Å². The fourth-order valence-corrected chi connectivity index (χ4v) is 4.23. The minimum absolute atomic E-state index is 0.0186. The molecular weight excluding hydrogens is 388 g/mol. The third-order valence-electron chi connectivity index (χ3n) is 4.09. The summed E-state index contributed by atoms with van der Waals surface area (Å²) in [5, 5.41) is 7.91. The molecule has 0 aliphatic carbocycles. The Morgan fingerprint density at radius 3 is 2.36 bits per heavy atom. The summed E-state index contributed by atoms with van der Waals surface area (Å²) in [7, 11) is 0. The van der Waals surface area contributed by atoms with Crippen molar-refractivity contribution in [1.29, 1.82) is 0 Å². The zero-order valence-electron chi connectivity index (χ0n) is 15.8. The first kappa shape index (κ1) is 20.2. The Hall–Kier alpha value is -2.57. The molecule has 6 heteroatoms. The van der Waals surface area contributed by atoms with Crippen LogP contribution in [0.2, 0.25) is 0 Å². The average Bonchev–Trinajstić information content (AvgIpc) is 3.20. The van der Waals surface area contributed by atoms with Gasteiger partial charge in [0.15, 0.2) is 0 Å². The van der Waals surface area contributed by atoms with Gasteiger partial charge in [0.2, 0.25) is 11.8 Å². The molecule has 0 radical (unpaired) electrons. The molecule has 2 amide bonds. The van der Waals surface area contributed by atoms with Gasteiger partial charge in [-0.1, -0.05) is 35.9 Å². The van der Waals surface area contributed by atoms with Crippen molar-refractivity contribution < 1.29 is 9.59 Å². The van der Waals surface area contributed by atoms with Gasteiger partial charge in [-0.25, -0.2) is 0 Å². The Morgan fingerprint density at radius 2 is 1.75 bits per heavy atom. The van der Waals surface area contributed by atoms with E-state index in [2.05, 4.69) is 41.8 Å². The van der Waals surface area contributed by atoms with Crippen molar-refractivity contribution in [1.82, 2.24) is 5.32 Å². The van der Waals surface area contributed by atoms with Gasteiger partial charge in [-0.15, -0.1) is 23.1 Å². The number of amides is 2. The summed E-state index contributed by atoms with van der Waals surface area (Å²) in [4.78, 5) is 25.8. The van der Waals surface area contributed by atoms with E-state index in [1.807, 2.05) is 41.8 Å². The molecule has 28 heavy (non-hydrogen) atoms. The van der Waals surface area contributed by atoms with Crippen molar-refractivity contribution in [3.8, 4) is 0 Å². The SMILES string of the molecule is CC(=O)Nc1ccc(SCC(=O)NC(c2ccc(C)cc2)c2cccs2)cc1. The molecule has 1 atom stereocenters. The summed E-state index contributed by atoms with van der Waals surface area (Å²) in [6.07, 6.45) is 0. The average molecular weight is 411 g/mol. The highest BCUT2D eigenvalue weighted by atomic mass is 32.2. The van der Waals surface area contributed by atoms with Crippen LogP contribution in [0, 0.1) is 6.92 Å². The Labute approximate surface area is 173 Å². The lowest BCUT2D eigenvalue weighted by molar-refractivity contribution is -0.119. The summed E-state index contributed by atoms with van der Waals surface area (Å²) in [6.45, 7) is 3.53. The molecule has 1 heterocycles. The molecule has 4 nitrogen and oxygen atoms in total. The highest BCUT2D eigenvalue weighted by Crippen LogP contribution is 2.27. The number of hydrogen-bond donors (Lipinski definition) is 2. The Bertz CT molecular complexity index is 920. The van der Waals surface area contributed by atoms with Crippen LogP contribution in [0.1, 0.15) is 29.0 Å². The van der Waals surface area contributed by atoms with E-state index < -0.39 is 0 Å². The monoisotopic (exact) mass is 410 g/mol. The first-order chi connectivity index (χ1) is 13.5. The summed E-state index contributed by atoms with van der Waals surface area (Å²) < 4.78 is 0. The highest BCUT2D eigenvalue weighted by molar-refractivity contribution is 8.00. The first-order valence-corrected chi connectivity index (χ1v) is 10.8. The molecule has 0 bridgehead atoms. The van der Waals surface area contributed by atoms with Gasteiger partial charge < -0.3 is 10.6 Å². The number of anilines is 1. The van der Waals surface area contributed by atoms with Gasteiger partial charge in [-0.3, -0.25) is 9.59 Å². The van der Waals surface area contributed by atoms with Crippen LogP contribution in [0.3, 0.4) is 0 Å². The normalized spacial score (nSPS) is 11.6. The Morgan fingerprint density at radius 1 is 1.04 bits per heavy atom. The topological polar surface area (TPSA) is 58.2 Å². The fourth-order valence-electron chi connectivity index (χ4n) is 2.72. The number of carbonyl (C=O) groups is 2. The highest BCUT2D eigenvalue weighted by Gasteiger charge is 2.18. The lowest BCUT2D eigenvalue weighted by Crippen LogP contribution is -2.30. The van der Waals surface area contributed by atoms with Gasteiger partial charge in [0, 0.05) is 22.4 Å². The van der Waals surface area contributed by atoms with E-state index in [1.54, 1.807) is 11.3 Å². The summed E-state index contributed by atoms with van der Waals surface area (Å²) in [5.41, 5.74) is 3.02. The van der Waals surface area contributed by atoms with Crippen molar-refractivity contribution >= 4 is 40.6 Å². The second-order valence-corrected chi connectivity index (χ2v) is 8.45. The summed E-state index contributed by atoms with van der Waals surface area (Å²) in [5.74, 6) is 0.207. The molecule has 0 aliphatic rings. The molecule has 1 unspecified atom stereocenters. The maximum atomic E-state index is 12.6. The fraction of sp³-hybridized carbons (Fsp3) is 0.182. The van der Waals surface area contributed by atoms with E-state index in [9.17, 15) is 9.59 Å². The van der Waals surface area contributed by atoms with Crippen LogP contribution >= 0.6 is 23.1 Å². The minimum atomic E-state index is -0.143. The molecule has 3 rings (SSSR count). The summed E-state index contributed by atoms with van der Waals surface area (Å²) in [6, 6.07) is 19.6. The van der Waals surface area contributed by atoms with Gasteiger partial charge in [-0.2, -0.15) is 0 Å². The molecule has 0 saturated carbocycles. The van der Waals surface area contributed by atoms with E-state index in [4.69, 9.17) is 0 Å². The smallest absolute Gasteiger partial charge is 0.231 e. The quantitative estimate of drug-likeness (QED) is 0.538. The van der Waals surface area contributed by atoms with Crippen molar-refractivity contribution in [2.24, 2.45) is 0 Å². The molecule has 2 aromatic carbocycles. The molecular formula is C22H22N2O2S2. The van der Waals surface area contributed by atoms with E-state index in [0.29, 0.717) is 5.75 Å². The maximum Gasteiger partial charge on any atom is 0.231 e. The first-order valence-electron chi connectivity index (χ1n) is 8.91. The van der Waals surface area contributed by atoms with Crippen LogP contribution in [-0.4, -0.2) is 17.6 Å². The number of benzene rings is 2. The Balaban J connectivity index is 1.62. The number of rotatable bonds is 7. The number of thioether (sulfide) groups is 1. The van der Waals surface area contributed by atoms with Gasteiger partial charge in [0.1, 0.15) is 0 Å². The molecule has 0 fully saturated rings. The molecule has 144 valence electrons. The lowest BCUT2D eigenvalue weighted by atomic mass is 10.0. The van der Waals surface area contributed by atoms with Crippen molar-refractivity contribution in [2.45, 2.75) is 24.8 Å². The number of hydrogen-bond acceptors (Lipinski definition) is 4. The van der Waals surface area contributed by atoms with E-state index >= 15 is 0 Å². The third-order valence-corrected chi connectivity index (χ3v) is 6.04. The van der Waals surface area contributed by atoms with Gasteiger partial charge in [0.05, 0.1) is 11.8 Å². The van der Waals surface area contributed by atoms with Gasteiger partial charge >= 0.3 is 0 Å². The predicted octanol–water partition coefficient (Wildman–Crippen LogP) is 5.01. The van der Waals surface area contributed by atoms with Gasteiger partial charge in [-0.05, 0) is 48.2 Å². The van der Waals surface area contributed by atoms with E-state index in [1.165, 1.54) is 24.2 Å². The molecule has 0 saturated heterocycles. The van der Waals surface area contributed by atoms with Crippen LogP contribution in [0.4, 0.5) is 5.69 Å². The maximum absolute atomic E-state index is 12.6. The largest absolute Gasteiger partial charge is 0.344 e. The minimum Gasteiger partial charge on any atom is -0.344 e. The summed E-state index contributed by atoms with van der Waals surface area (Å²) >= 11 is 3.11. The van der Waals surface area contributed by atoms with Crippen molar-refractivity contribution in [3.63, 3.8) is 0 Å². The van der Waals surface area contributed by atoms with Crippen molar-refractivity contribution in [3.05, 3.63) is 82.0 Å². The standard InChI is InChI=1S/C22H22N2O2S2/c1-15-5-7-17(8-6-15)22(20-4-3-13-27-20)24-21(26)14-28-19-11-9-18(10-12-19)23-16(2)25/h3-13,22H,14H2,1-2H3,(H,23,25)(H,24,26). The van der Waals surface area contributed by atoms with Crippen LogP contribution in [0.5, 0.6) is 0 Å². The molecule has 0 aliphatic heterocycles. The Kier molecular flexibility index (Phi) is 6.90. The second kappa shape index (κ2) is 9.57. The van der Waals surface area contributed by atoms with Gasteiger partial charge in [0.25, 0.3) is 0 Å². The van der Waals surface area contributed by atoms with Crippen LogP contribution in [0.15, 0.2) is 70.9 Å².